The highest BCUT2D eigenvalue weighted by molar-refractivity contribution is 5.92. The van der Waals surface area contributed by atoms with Crippen LogP contribution in [0.15, 0.2) is 48.5 Å². The van der Waals surface area contributed by atoms with Crippen LogP contribution in [0.3, 0.4) is 0 Å². The second-order valence-corrected chi connectivity index (χ2v) is 6.55. The van der Waals surface area contributed by atoms with E-state index in [0.29, 0.717) is 11.1 Å². The van der Waals surface area contributed by atoms with Gasteiger partial charge in [0.2, 0.25) is 0 Å². The molecule has 136 valence electrons. The maximum atomic E-state index is 12.5. The number of rotatable bonds is 5. The number of ether oxygens (including phenoxy) is 1. The molecular formula is C21H23NO4. The number of nitrogens with one attached hydrogen (secondary N) is 1. The van der Waals surface area contributed by atoms with Gasteiger partial charge in [-0.2, -0.15) is 0 Å². The molecule has 0 saturated heterocycles. The number of aliphatic hydroxyl groups is 1. The molecule has 2 aromatic carbocycles. The Morgan fingerprint density at radius 2 is 1.92 bits per heavy atom. The van der Waals surface area contributed by atoms with Gasteiger partial charge in [0.05, 0.1) is 18.2 Å². The van der Waals surface area contributed by atoms with Crippen molar-refractivity contribution in [3.05, 3.63) is 70.8 Å². The second-order valence-electron chi connectivity index (χ2n) is 6.55. The van der Waals surface area contributed by atoms with Gasteiger partial charge >= 0.3 is 5.97 Å². The van der Waals surface area contributed by atoms with Crippen LogP contribution < -0.4 is 5.32 Å². The Hall–Kier alpha value is -2.66. The smallest absolute Gasteiger partial charge is 0.338 e. The fraction of sp³-hybridized carbons (Fsp3) is 0.333. The second kappa shape index (κ2) is 8.15. The van der Waals surface area contributed by atoms with Gasteiger partial charge in [-0.3, -0.25) is 4.79 Å². The zero-order valence-corrected chi connectivity index (χ0v) is 14.8. The lowest BCUT2D eigenvalue weighted by molar-refractivity contribution is -0.130. The zero-order chi connectivity index (χ0) is 18.5. The molecule has 0 saturated carbocycles. The highest BCUT2D eigenvalue weighted by atomic mass is 16.5. The molecule has 1 aliphatic carbocycles. The summed E-state index contributed by atoms with van der Waals surface area (Å²) in [6, 6.07) is 14.5. The van der Waals surface area contributed by atoms with Crippen LogP contribution in [0.2, 0.25) is 0 Å². The molecule has 0 spiro atoms. The van der Waals surface area contributed by atoms with E-state index in [1.54, 1.807) is 31.2 Å². The summed E-state index contributed by atoms with van der Waals surface area (Å²) in [7, 11) is 0. The topological polar surface area (TPSA) is 75.6 Å². The molecule has 3 rings (SSSR count). The van der Waals surface area contributed by atoms with Crippen molar-refractivity contribution in [3.8, 4) is 0 Å². The molecule has 2 atom stereocenters. The van der Waals surface area contributed by atoms with Crippen LogP contribution in [-0.4, -0.2) is 23.1 Å². The van der Waals surface area contributed by atoms with Crippen LogP contribution in [0.25, 0.3) is 0 Å². The minimum atomic E-state index is -0.880. The first-order valence-corrected chi connectivity index (χ1v) is 8.87. The molecule has 2 aromatic rings. The Bertz CT molecular complexity index is 785. The number of hydrogen-bond acceptors (Lipinski definition) is 4. The van der Waals surface area contributed by atoms with Crippen molar-refractivity contribution < 1.29 is 19.4 Å². The van der Waals surface area contributed by atoms with Gasteiger partial charge in [0.1, 0.15) is 0 Å². The van der Waals surface area contributed by atoms with Crippen molar-refractivity contribution >= 4 is 11.9 Å². The summed E-state index contributed by atoms with van der Waals surface area (Å²) in [6.45, 7) is 1.49. The third-order valence-corrected chi connectivity index (χ3v) is 4.71. The lowest BCUT2D eigenvalue weighted by atomic mass is 9.87. The third-order valence-electron chi connectivity index (χ3n) is 4.71. The molecule has 26 heavy (non-hydrogen) atoms. The predicted molar refractivity (Wildman–Crippen MR) is 97.5 cm³/mol. The van der Waals surface area contributed by atoms with E-state index in [9.17, 15) is 9.59 Å². The first kappa shape index (κ1) is 18.1. The number of carbonyl (C=O) groups excluding carboxylic acids is 2. The van der Waals surface area contributed by atoms with E-state index in [1.807, 2.05) is 18.2 Å². The maximum Gasteiger partial charge on any atom is 0.338 e. The van der Waals surface area contributed by atoms with Crippen LogP contribution in [0.1, 0.15) is 52.9 Å². The fourth-order valence-corrected chi connectivity index (χ4v) is 3.22. The van der Waals surface area contributed by atoms with Crippen molar-refractivity contribution in [2.75, 3.05) is 0 Å². The molecule has 5 nitrogen and oxygen atoms in total. The summed E-state index contributed by atoms with van der Waals surface area (Å²) in [5.41, 5.74) is 3.47. The Kier molecular flexibility index (Phi) is 5.68. The summed E-state index contributed by atoms with van der Waals surface area (Å²) in [4.78, 5) is 24.7. The Morgan fingerprint density at radius 3 is 2.65 bits per heavy atom. The normalized spacial score (nSPS) is 17.1. The van der Waals surface area contributed by atoms with E-state index in [-0.39, 0.29) is 18.6 Å². The lowest BCUT2D eigenvalue weighted by Gasteiger charge is -2.27. The molecule has 1 amide bonds. The van der Waals surface area contributed by atoms with Crippen LogP contribution in [0, 0.1) is 0 Å². The summed E-state index contributed by atoms with van der Waals surface area (Å²) in [6.07, 6.45) is 2.05. The van der Waals surface area contributed by atoms with Crippen molar-refractivity contribution in [1.29, 1.82) is 0 Å². The van der Waals surface area contributed by atoms with E-state index < -0.39 is 12.1 Å². The van der Waals surface area contributed by atoms with E-state index in [2.05, 4.69) is 11.4 Å². The van der Waals surface area contributed by atoms with E-state index >= 15 is 0 Å². The fourth-order valence-electron chi connectivity index (χ4n) is 3.22. The van der Waals surface area contributed by atoms with Crippen molar-refractivity contribution in [3.63, 3.8) is 0 Å². The summed E-state index contributed by atoms with van der Waals surface area (Å²) in [5, 5.41) is 12.0. The van der Waals surface area contributed by atoms with E-state index in [0.717, 1.165) is 24.8 Å². The number of carbonyl (C=O) groups is 2. The van der Waals surface area contributed by atoms with Crippen LogP contribution >= 0.6 is 0 Å². The van der Waals surface area contributed by atoms with Gasteiger partial charge in [-0.15, -0.1) is 0 Å². The van der Waals surface area contributed by atoms with Crippen molar-refractivity contribution in [2.45, 2.75) is 44.9 Å². The number of aryl methyl sites for hydroxylation is 1. The van der Waals surface area contributed by atoms with Crippen LogP contribution in [0.4, 0.5) is 0 Å². The quantitative estimate of drug-likeness (QED) is 0.811. The van der Waals surface area contributed by atoms with Gasteiger partial charge in [-0.25, -0.2) is 4.79 Å². The monoisotopic (exact) mass is 353 g/mol. The minimum absolute atomic E-state index is 0.0440. The molecule has 0 aromatic heterocycles. The summed E-state index contributed by atoms with van der Waals surface area (Å²) >= 11 is 0. The van der Waals surface area contributed by atoms with Crippen molar-refractivity contribution in [1.82, 2.24) is 5.32 Å². The van der Waals surface area contributed by atoms with Crippen LogP contribution in [0.5, 0.6) is 0 Å². The Morgan fingerprint density at radius 1 is 1.19 bits per heavy atom. The molecule has 1 aliphatic rings. The molecule has 0 radical (unpaired) electrons. The minimum Gasteiger partial charge on any atom is -0.449 e. The molecule has 0 bridgehead atoms. The SMILES string of the molecule is C[C@H](OC(=O)c1ccc(CO)cc1)C(=O)N[C@@H]1CCCc2ccccc21. The molecule has 0 fully saturated rings. The average molecular weight is 353 g/mol. The molecule has 5 heteroatoms. The highest BCUT2D eigenvalue weighted by Gasteiger charge is 2.25. The van der Waals surface area contributed by atoms with E-state index in [4.69, 9.17) is 9.84 Å². The highest BCUT2D eigenvalue weighted by Crippen LogP contribution is 2.29. The first-order chi connectivity index (χ1) is 12.6. The zero-order valence-electron chi connectivity index (χ0n) is 14.8. The third kappa shape index (κ3) is 4.11. The predicted octanol–water partition coefficient (Wildman–Crippen LogP) is 2.92. The van der Waals surface area contributed by atoms with Gasteiger partial charge < -0.3 is 15.2 Å². The number of aliphatic hydroxyl groups excluding tert-OH is 1. The number of amides is 1. The lowest BCUT2D eigenvalue weighted by Crippen LogP contribution is -2.39. The number of benzene rings is 2. The van der Waals surface area contributed by atoms with Gasteiger partial charge in [0.25, 0.3) is 5.91 Å². The summed E-state index contributed by atoms with van der Waals surface area (Å²) < 4.78 is 5.29. The van der Waals surface area contributed by atoms with Crippen LogP contribution in [-0.2, 0) is 22.6 Å². The number of fused-ring (bicyclic) bond motifs is 1. The van der Waals surface area contributed by atoms with Gasteiger partial charge in [0.15, 0.2) is 6.10 Å². The summed E-state index contributed by atoms with van der Waals surface area (Å²) in [5.74, 6) is -0.854. The Labute approximate surface area is 153 Å². The largest absolute Gasteiger partial charge is 0.449 e. The van der Waals surface area contributed by atoms with Gasteiger partial charge in [-0.1, -0.05) is 36.4 Å². The standard InChI is InChI=1S/C21H23NO4/c1-14(26-21(25)17-11-9-15(13-23)10-12-17)20(24)22-19-8-4-6-16-5-2-3-7-18(16)19/h2-3,5,7,9-12,14,19,23H,4,6,8,13H2,1H3,(H,22,24)/t14-,19+/m0/s1. The van der Waals surface area contributed by atoms with Crippen molar-refractivity contribution in [2.24, 2.45) is 0 Å². The maximum absolute atomic E-state index is 12.5. The van der Waals surface area contributed by atoms with Gasteiger partial charge in [0, 0.05) is 0 Å². The Balaban J connectivity index is 1.60. The van der Waals surface area contributed by atoms with E-state index in [1.165, 1.54) is 5.56 Å². The molecule has 0 aliphatic heterocycles. The molecule has 2 N–H and O–H groups in total. The number of esters is 1. The number of hydrogen-bond donors (Lipinski definition) is 2. The average Bonchev–Trinajstić information content (AvgIpc) is 2.68. The van der Waals surface area contributed by atoms with Gasteiger partial charge in [-0.05, 0) is 55.0 Å². The molecular weight excluding hydrogens is 330 g/mol. The first-order valence-electron chi connectivity index (χ1n) is 8.87. The molecule has 0 heterocycles. The molecule has 0 unspecified atom stereocenters.